The van der Waals surface area contributed by atoms with Crippen LogP contribution in [0.15, 0.2) is 0 Å². The SMILES string of the molecule is CCOc1nc(N)nc(N(CC(C)C)C2CCCC2)n1. The Hall–Kier alpha value is -1.59. The van der Waals surface area contributed by atoms with Crippen molar-refractivity contribution in [1.29, 1.82) is 0 Å². The fourth-order valence-corrected chi connectivity index (χ4v) is 2.69. The first-order chi connectivity index (χ1) is 9.60. The first-order valence-electron chi connectivity index (χ1n) is 7.51. The quantitative estimate of drug-likeness (QED) is 0.860. The molecule has 0 radical (unpaired) electrons. The second-order valence-corrected chi connectivity index (χ2v) is 5.69. The van der Waals surface area contributed by atoms with Crippen molar-refractivity contribution >= 4 is 11.9 Å². The minimum absolute atomic E-state index is 0.227. The fourth-order valence-electron chi connectivity index (χ4n) is 2.69. The highest BCUT2D eigenvalue weighted by Gasteiger charge is 2.26. The predicted molar refractivity (Wildman–Crippen MR) is 79.8 cm³/mol. The van der Waals surface area contributed by atoms with Crippen LogP contribution in [0, 0.1) is 5.92 Å². The van der Waals surface area contributed by atoms with E-state index in [1.807, 2.05) is 6.92 Å². The van der Waals surface area contributed by atoms with Gasteiger partial charge in [0.15, 0.2) is 0 Å². The lowest BCUT2D eigenvalue weighted by molar-refractivity contribution is 0.311. The van der Waals surface area contributed by atoms with E-state index in [4.69, 9.17) is 10.5 Å². The van der Waals surface area contributed by atoms with E-state index in [1.165, 1.54) is 25.7 Å². The van der Waals surface area contributed by atoms with Gasteiger partial charge in [-0.05, 0) is 25.7 Å². The highest BCUT2D eigenvalue weighted by atomic mass is 16.5. The van der Waals surface area contributed by atoms with Gasteiger partial charge in [-0.2, -0.15) is 15.0 Å². The zero-order valence-electron chi connectivity index (χ0n) is 12.7. The molecule has 1 aliphatic rings. The third-order valence-corrected chi connectivity index (χ3v) is 3.48. The molecule has 2 rings (SSSR count). The second kappa shape index (κ2) is 6.72. The molecule has 1 aromatic rings. The lowest BCUT2D eigenvalue weighted by Crippen LogP contribution is -2.37. The Balaban J connectivity index is 2.26. The van der Waals surface area contributed by atoms with Crippen LogP contribution in [0.25, 0.3) is 0 Å². The van der Waals surface area contributed by atoms with Gasteiger partial charge in [0.2, 0.25) is 11.9 Å². The first kappa shape index (κ1) is 14.8. The Morgan fingerprint density at radius 2 is 1.95 bits per heavy atom. The first-order valence-corrected chi connectivity index (χ1v) is 7.51. The Morgan fingerprint density at radius 3 is 2.55 bits per heavy atom. The van der Waals surface area contributed by atoms with Crippen LogP contribution in [0.3, 0.4) is 0 Å². The third kappa shape index (κ3) is 3.71. The molecule has 0 spiro atoms. The molecular formula is C14H25N5O. The molecule has 1 fully saturated rings. The molecule has 6 nitrogen and oxygen atoms in total. The molecule has 0 saturated heterocycles. The molecule has 0 unspecified atom stereocenters. The summed E-state index contributed by atoms with van der Waals surface area (Å²) in [6.45, 7) is 7.77. The van der Waals surface area contributed by atoms with Crippen LogP contribution in [0.4, 0.5) is 11.9 Å². The van der Waals surface area contributed by atoms with Crippen molar-refractivity contribution in [2.75, 3.05) is 23.8 Å². The Labute approximate surface area is 120 Å². The number of rotatable bonds is 6. The zero-order valence-corrected chi connectivity index (χ0v) is 12.7. The number of nitrogens with two attached hydrogens (primary N) is 1. The van der Waals surface area contributed by atoms with Gasteiger partial charge in [-0.3, -0.25) is 0 Å². The molecule has 1 aliphatic carbocycles. The van der Waals surface area contributed by atoms with Gasteiger partial charge in [-0.15, -0.1) is 0 Å². The average molecular weight is 279 g/mol. The van der Waals surface area contributed by atoms with E-state index in [-0.39, 0.29) is 5.95 Å². The van der Waals surface area contributed by atoms with Crippen molar-refractivity contribution in [1.82, 2.24) is 15.0 Å². The molecule has 0 aromatic carbocycles. The summed E-state index contributed by atoms with van der Waals surface area (Å²) in [5, 5.41) is 0. The van der Waals surface area contributed by atoms with Crippen LogP contribution in [0.2, 0.25) is 0 Å². The number of aromatic nitrogens is 3. The zero-order chi connectivity index (χ0) is 14.5. The molecule has 20 heavy (non-hydrogen) atoms. The highest BCUT2D eigenvalue weighted by molar-refractivity contribution is 5.37. The topological polar surface area (TPSA) is 77.2 Å². The molecule has 1 heterocycles. The number of ether oxygens (including phenoxy) is 1. The molecule has 112 valence electrons. The third-order valence-electron chi connectivity index (χ3n) is 3.48. The summed E-state index contributed by atoms with van der Waals surface area (Å²) in [5.41, 5.74) is 5.79. The number of nitrogen functional groups attached to an aromatic ring is 1. The fraction of sp³-hybridized carbons (Fsp3) is 0.786. The van der Waals surface area contributed by atoms with E-state index < -0.39 is 0 Å². The Kier molecular flexibility index (Phi) is 4.98. The van der Waals surface area contributed by atoms with Crippen LogP contribution in [0.5, 0.6) is 6.01 Å². The lowest BCUT2D eigenvalue weighted by Gasteiger charge is -2.30. The maximum atomic E-state index is 5.79. The number of hydrogen-bond acceptors (Lipinski definition) is 6. The monoisotopic (exact) mass is 279 g/mol. The molecule has 1 saturated carbocycles. The molecule has 6 heteroatoms. The van der Waals surface area contributed by atoms with Crippen LogP contribution < -0.4 is 15.4 Å². The summed E-state index contributed by atoms with van der Waals surface area (Å²) < 4.78 is 5.38. The van der Waals surface area contributed by atoms with Gasteiger partial charge in [0.05, 0.1) is 6.61 Å². The van der Waals surface area contributed by atoms with Gasteiger partial charge in [0.25, 0.3) is 0 Å². The standard InChI is InChI=1S/C14H25N5O/c1-4-20-14-17-12(15)16-13(18-14)19(9-10(2)3)11-7-5-6-8-11/h10-11H,4-9H2,1-3H3,(H2,15,16,17,18). The van der Waals surface area contributed by atoms with E-state index in [0.29, 0.717) is 30.5 Å². The number of hydrogen-bond donors (Lipinski definition) is 1. The van der Waals surface area contributed by atoms with Gasteiger partial charge < -0.3 is 15.4 Å². The van der Waals surface area contributed by atoms with E-state index in [2.05, 4.69) is 33.7 Å². The van der Waals surface area contributed by atoms with Crippen molar-refractivity contribution in [3.63, 3.8) is 0 Å². The molecule has 0 aliphatic heterocycles. The summed E-state index contributed by atoms with van der Waals surface area (Å²) in [5.74, 6) is 1.43. The van der Waals surface area contributed by atoms with Crippen molar-refractivity contribution in [3.05, 3.63) is 0 Å². The van der Waals surface area contributed by atoms with Gasteiger partial charge >= 0.3 is 6.01 Å². The summed E-state index contributed by atoms with van der Waals surface area (Å²) >= 11 is 0. The predicted octanol–water partition coefficient (Wildman–Crippen LogP) is 2.26. The summed E-state index contributed by atoms with van der Waals surface area (Å²) in [7, 11) is 0. The van der Waals surface area contributed by atoms with E-state index >= 15 is 0 Å². The molecular weight excluding hydrogens is 254 g/mol. The molecule has 2 N–H and O–H groups in total. The lowest BCUT2D eigenvalue weighted by atomic mass is 10.1. The minimum atomic E-state index is 0.227. The summed E-state index contributed by atoms with van der Waals surface area (Å²) in [4.78, 5) is 15.0. The Bertz CT molecular complexity index is 432. The normalized spacial score (nSPS) is 15.8. The number of nitrogens with zero attached hydrogens (tertiary/aromatic N) is 4. The van der Waals surface area contributed by atoms with Crippen molar-refractivity contribution in [2.45, 2.75) is 52.5 Å². The average Bonchev–Trinajstić information content (AvgIpc) is 2.89. The molecule has 1 aromatic heterocycles. The summed E-state index contributed by atoms with van der Waals surface area (Å²) in [6, 6.07) is 0.829. The van der Waals surface area contributed by atoms with Gasteiger partial charge in [0, 0.05) is 12.6 Å². The minimum Gasteiger partial charge on any atom is -0.464 e. The van der Waals surface area contributed by atoms with Gasteiger partial charge in [-0.1, -0.05) is 26.7 Å². The second-order valence-electron chi connectivity index (χ2n) is 5.69. The highest BCUT2D eigenvalue weighted by Crippen LogP contribution is 2.28. The van der Waals surface area contributed by atoms with Crippen molar-refractivity contribution in [2.24, 2.45) is 5.92 Å². The maximum Gasteiger partial charge on any atom is 0.323 e. The largest absolute Gasteiger partial charge is 0.464 e. The summed E-state index contributed by atoms with van der Waals surface area (Å²) in [6.07, 6.45) is 4.95. The smallest absolute Gasteiger partial charge is 0.323 e. The van der Waals surface area contributed by atoms with Crippen LogP contribution >= 0.6 is 0 Å². The van der Waals surface area contributed by atoms with Gasteiger partial charge in [0.1, 0.15) is 0 Å². The van der Waals surface area contributed by atoms with Crippen molar-refractivity contribution < 1.29 is 4.74 Å². The van der Waals surface area contributed by atoms with E-state index in [9.17, 15) is 0 Å². The van der Waals surface area contributed by atoms with Crippen LogP contribution in [-0.4, -0.2) is 34.1 Å². The molecule has 0 bridgehead atoms. The molecule has 0 atom stereocenters. The van der Waals surface area contributed by atoms with Gasteiger partial charge in [-0.25, -0.2) is 0 Å². The maximum absolute atomic E-state index is 5.79. The van der Waals surface area contributed by atoms with Crippen LogP contribution in [0.1, 0.15) is 46.5 Å². The number of anilines is 2. The van der Waals surface area contributed by atoms with Crippen LogP contribution in [-0.2, 0) is 0 Å². The van der Waals surface area contributed by atoms with E-state index in [1.54, 1.807) is 0 Å². The molecule has 0 amide bonds. The van der Waals surface area contributed by atoms with Crippen molar-refractivity contribution in [3.8, 4) is 6.01 Å². The van der Waals surface area contributed by atoms with E-state index in [0.717, 1.165) is 6.54 Å². The Morgan fingerprint density at radius 1 is 1.25 bits per heavy atom.